The van der Waals surface area contributed by atoms with E-state index in [-0.39, 0.29) is 12.1 Å². The summed E-state index contributed by atoms with van der Waals surface area (Å²) in [6.45, 7) is 6.20. The van der Waals surface area contributed by atoms with Crippen LogP contribution in [0.4, 0.5) is 4.79 Å². The zero-order chi connectivity index (χ0) is 18.4. The van der Waals surface area contributed by atoms with Gasteiger partial charge >= 0.3 is 6.03 Å². The van der Waals surface area contributed by atoms with Crippen molar-refractivity contribution in [1.29, 1.82) is 0 Å². The Morgan fingerprint density at radius 2 is 1.96 bits per heavy atom. The van der Waals surface area contributed by atoms with E-state index in [4.69, 9.17) is 0 Å². The fourth-order valence-electron chi connectivity index (χ4n) is 3.06. The molecule has 1 fully saturated rings. The van der Waals surface area contributed by atoms with Crippen LogP contribution in [0.15, 0.2) is 48.8 Å². The van der Waals surface area contributed by atoms with Gasteiger partial charge in [0.15, 0.2) is 0 Å². The van der Waals surface area contributed by atoms with Gasteiger partial charge in [-0.05, 0) is 12.5 Å². The topological polar surface area (TPSA) is 53.4 Å². The van der Waals surface area contributed by atoms with Crippen molar-refractivity contribution in [2.24, 2.45) is 7.05 Å². The zero-order valence-corrected chi connectivity index (χ0v) is 15.5. The molecule has 1 atom stereocenters. The van der Waals surface area contributed by atoms with Crippen LogP contribution in [0.2, 0.25) is 0 Å². The molecule has 2 amide bonds. The molecule has 0 saturated carbocycles. The van der Waals surface area contributed by atoms with Gasteiger partial charge in [0, 0.05) is 51.5 Å². The van der Waals surface area contributed by atoms with Gasteiger partial charge in [-0.2, -0.15) is 5.10 Å². The van der Waals surface area contributed by atoms with E-state index in [1.54, 1.807) is 10.9 Å². The third-order valence-electron chi connectivity index (χ3n) is 4.70. The van der Waals surface area contributed by atoms with Crippen molar-refractivity contribution in [2.75, 3.05) is 32.7 Å². The highest BCUT2D eigenvalue weighted by Gasteiger charge is 2.22. The predicted octanol–water partition coefficient (Wildman–Crippen LogP) is 2.52. The van der Waals surface area contributed by atoms with Gasteiger partial charge in [0.25, 0.3) is 0 Å². The van der Waals surface area contributed by atoms with Crippen LogP contribution >= 0.6 is 0 Å². The number of rotatable bonds is 5. The van der Waals surface area contributed by atoms with Crippen LogP contribution < -0.4 is 5.32 Å². The van der Waals surface area contributed by atoms with Crippen molar-refractivity contribution < 1.29 is 4.79 Å². The van der Waals surface area contributed by atoms with Gasteiger partial charge < -0.3 is 10.2 Å². The molecule has 0 aliphatic carbocycles. The molecule has 138 valence electrons. The molecule has 1 aromatic heterocycles. The number of hydrogen-bond acceptors (Lipinski definition) is 3. The summed E-state index contributed by atoms with van der Waals surface area (Å²) >= 11 is 0. The van der Waals surface area contributed by atoms with E-state index in [0.717, 1.165) is 38.3 Å². The molecule has 6 heteroatoms. The summed E-state index contributed by atoms with van der Waals surface area (Å²) in [4.78, 5) is 16.7. The van der Waals surface area contributed by atoms with Gasteiger partial charge in [-0.25, -0.2) is 4.79 Å². The standard InChI is InChI=1S/C20H27N5O/c1-17(19-15-21-23(2)16-19)22-20(26)25-13-11-24(12-14-25)10-6-9-18-7-4-3-5-8-18/h3-9,15-17H,10-14H2,1-2H3,(H,22,26)/b9-6+/t17-/m1/s1. The predicted molar refractivity (Wildman–Crippen MR) is 104 cm³/mol. The molecule has 1 aliphatic heterocycles. The number of carbonyl (C=O) groups is 1. The Balaban J connectivity index is 1.41. The van der Waals surface area contributed by atoms with Crippen LogP contribution in [0.3, 0.4) is 0 Å². The first kappa shape index (κ1) is 18.2. The number of aryl methyl sites for hydroxylation is 1. The molecule has 0 radical (unpaired) electrons. The number of aromatic nitrogens is 2. The lowest BCUT2D eigenvalue weighted by Crippen LogP contribution is -2.52. The smallest absolute Gasteiger partial charge is 0.317 e. The van der Waals surface area contributed by atoms with E-state index in [0.29, 0.717) is 0 Å². The molecule has 0 unspecified atom stereocenters. The lowest BCUT2D eigenvalue weighted by molar-refractivity contribution is 0.145. The molecule has 1 aromatic carbocycles. The third-order valence-corrected chi connectivity index (χ3v) is 4.70. The summed E-state index contributed by atoms with van der Waals surface area (Å²) in [5, 5.41) is 7.22. The number of amides is 2. The number of piperazine rings is 1. The molecule has 0 spiro atoms. The maximum absolute atomic E-state index is 12.4. The molecule has 0 bridgehead atoms. The van der Waals surface area contributed by atoms with E-state index in [9.17, 15) is 4.79 Å². The lowest BCUT2D eigenvalue weighted by atomic mass is 10.2. The Morgan fingerprint density at radius 3 is 2.62 bits per heavy atom. The highest BCUT2D eigenvalue weighted by Crippen LogP contribution is 2.12. The summed E-state index contributed by atoms with van der Waals surface area (Å²) in [6.07, 6.45) is 8.06. The molecule has 26 heavy (non-hydrogen) atoms. The van der Waals surface area contributed by atoms with E-state index in [2.05, 4.69) is 39.6 Å². The second-order valence-electron chi connectivity index (χ2n) is 6.72. The van der Waals surface area contributed by atoms with Gasteiger partial charge in [0.05, 0.1) is 12.2 Å². The van der Waals surface area contributed by atoms with Crippen LogP contribution in [0.25, 0.3) is 6.08 Å². The number of hydrogen-bond donors (Lipinski definition) is 1. The van der Waals surface area contributed by atoms with E-state index in [1.165, 1.54) is 5.56 Å². The minimum absolute atomic E-state index is 0.000769. The Kier molecular flexibility index (Phi) is 6.07. The monoisotopic (exact) mass is 353 g/mol. The minimum Gasteiger partial charge on any atom is -0.331 e. The van der Waals surface area contributed by atoms with E-state index >= 15 is 0 Å². The second kappa shape index (κ2) is 8.67. The fourth-order valence-corrected chi connectivity index (χ4v) is 3.06. The van der Waals surface area contributed by atoms with Crippen molar-refractivity contribution in [1.82, 2.24) is 24.9 Å². The Labute approximate surface area is 155 Å². The van der Waals surface area contributed by atoms with Crippen LogP contribution in [-0.2, 0) is 7.05 Å². The van der Waals surface area contributed by atoms with Gasteiger partial charge in [0.2, 0.25) is 0 Å². The van der Waals surface area contributed by atoms with Crippen molar-refractivity contribution in [3.05, 3.63) is 59.9 Å². The number of benzene rings is 1. The number of carbonyl (C=O) groups excluding carboxylic acids is 1. The van der Waals surface area contributed by atoms with Crippen molar-refractivity contribution in [2.45, 2.75) is 13.0 Å². The Morgan fingerprint density at radius 1 is 1.23 bits per heavy atom. The maximum atomic E-state index is 12.4. The van der Waals surface area contributed by atoms with Crippen molar-refractivity contribution in [3.8, 4) is 0 Å². The highest BCUT2D eigenvalue weighted by molar-refractivity contribution is 5.74. The van der Waals surface area contributed by atoms with Crippen molar-refractivity contribution >= 4 is 12.1 Å². The quantitative estimate of drug-likeness (QED) is 0.899. The summed E-state index contributed by atoms with van der Waals surface area (Å²) in [5.41, 5.74) is 2.24. The summed E-state index contributed by atoms with van der Waals surface area (Å²) in [7, 11) is 1.88. The largest absolute Gasteiger partial charge is 0.331 e. The molecule has 1 N–H and O–H groups in total. The summed E-state index contributed by atoms with van der Waals surface area (Å²) < 4.78 is 1.75. The van der Waals surface area contributed by atoms with E-state index < -0.39 is 0 Å². The Hall–Kier alpha value is -2.60. The van der Waals surface area contributed by atoms with Gasteiger partial charge in [-0.3, -0.25) is 9.58 Å². The van der Waals surface area contributed by atoms with Crippen LogP contribution in [0, 0.1) is 0 Å². The van der Waals surface area contributed by atoms with Crippen LogP contribution in [0.5, 0.6) is 0 Å². The Bertz CT molecular complexity index is 732. The third kappa shape index (κ3) is 4.95. The average molecular weight is 353 g/mol. The van der Waals surface area contributed by atoms with Crippen LogP contribution in [0.1, 0.15) is 24.1 Å². The number of nitrogens with zero attached hydrogens (tertiary/aromatic N) is 4. The highest BCUT2D eigenvalue weighted by atomic mass is 16.2. The second-order valence-corrected chi connectivity index (χ2v) is 6.72. The lowest BCUT2D eigenvalue weighted by Gasteiger charge is -2.34. The minimum atomic E-state index is -0.0389. The molecule has 3 rings (SSSR count). The molecular weight excluding hydrogens is 326 g/mol. The fraction of sp³-hybridized carbons (Fsp3) is 0.400. The molecule has 1 aliphatic rings. The summed E-state index contributed by atoms with van der Waals surface area (Å²) in [6, 6.07) is 10.3. The average Bonchev–Trinajstić information content (AvgIpc) is 3.10. The van der Waals surface area contributed by atoms with Gasteiger partial charge in [0.1, 0.15) is 0 Å². The molecule has 2 aromatic rings. The number of nitrogens with one attached hydrogen (secondary N) is 1. The molecule has 1 saturated heterocycles. The van der Waals surface area contributed by atoms with E-state index in [1.807, 2.05) is 43.3 Å². The van der Waals surface area contributed by atoms with Crippen LogP contribution in [-0.4, -0.2) is 58.3 Å². The number of urea groups is 1. The molecular formula is C20H27N5O. The van der Waals surface area contributed by atoms with Gasteiger partial charge in [-0.1, -0.05) is 42.5 Å². The normalized spacial score (nSPS) is 16.8. The van der Waals surface area contributed by atoms with Gasteiger partial charge in [-0.15, -0.1) is 0 Å². The van der Waals surface area contributed by atoms with Crippen molar-refractivity contribution in [3.63, 3.8) is 0 Å². The SMILES string of the molecule is C[C@@H](NC(=O)N1CCN(C/C=C/c2ccccc2)CC1)c1cnn(C)c1. The first-order valence-corrected chi connectivity index (χ1v) is 9.10. The summed E-state index contributed by atoms with van der Waals surface area (Å²) in [5.74, 6) is 0. The first-order chi connectivity index (χ1) is 12.6. The maximum Gasteiger partial charge on any atom is 0.317 e. The molecule has 6 nitrogen and oxygen atoms in total. The zero-order valence-electron chi connectivity index (χ0n) is 15.5. The first-order valence-electron chi connectivity index (χ1n) is 9.10. The molecule has 2 heterocycles.